The number of H-pyrrole nitrogens is 1. The van der Waals surface area contributed by atoms with Crippen molar-refractivity contribution in [1.29, 1.82) is 0 Å². The molecule has 1 amide bonds. The number of fused-ring (bicyclic) bond motifs is 1. The van der Waals surface area contributed by atoms with Gasteiger partial charge < -0.3 is 15.6 Å². The Labute approximate surface area is 218 Å². The standard InChI is InChI=1S/C29H24ClFN4O2/c30-20-7-1-5-18(15-20)13-14-32-23-10-4-12-25(36)26(23)28-34-24-11-3-9-22(27(24)35-28)29(37)33-17-19-6-2-8-21(31)16-19/h1-11,15-16,32H,12-14,17H2,(H,33,37)(H,34,35). The molecule has 0 atom stereocenters. The molecule has 186 valence electrons. The zero-order chi connectivity index (χ0) is 25.8. The molecule has 1 aromatic heterocycles. The number of hydrogen-bond donors (Lipinski definition) is 3. The largest absolute Gasteiger partial charge is 0.384 e. The molecule has 0 fully saturated rings. The van der Waals surface area contributed by atoms with Gasteiger partial charge in [-0.1, -0.05) is 48.0 Å². The van der Waals surface area contributed by atoms with Crippen LogP contribution in [0.15, 0.2) is 84.6 Å². The monoisotopic (exact) mass is 514 g/mol. The van der Waals surface area contributed by atoms with Gasteiger partial charge in [-0.25, -0.2) is 9.37 Å². The minimum absolute atomic E-state index is 0.0658. The van der Waals surface area contributed by atoms with E-state index >= 15 is 0 Å². The molecule has 6 nitrogen and oxygen atoms in total. The molecule has 0 radical (unpaired) electrons. The van der Waals surface area contributed by atoms with Crippen LogP contribution in [0.2, 0.25) is 5.02 Å². The maximum Gasteiger partial charge on any atom is 0.253 e. The summed E-state index contributed by atoms with van der Waals surface area (Å²) < 4.78 is 13.5. The zero-order valence-corrected chi connectivity index (χ0v) is 20.6. The third-order valence-corrected chi connectivity index (χ3v) is 6.33. The highest BCUT2D eigenvalue weighted by Gasteiger charge is 2.23. The van der Waals surface area contributed by atoms with Gasteiger partial charge >= 0.3 is 0 Å². The molecule has 0 saturated heterocycles. The summed E-state index contributed by atoms with van der Waals surface area (Å²) in [6.45, 7) is 0.782. The Morgan fingerprint density at radius 3 is 2.70 bits per heavy atom. The zero-order valence-electron chi connectivity index (χ0n) is 19.9. The van der Waals surface area contributed by atoms with E-state index in [0.29, 0.717) is 50.8 Å². The molecule has 37 heavy (non-hydrogen) atoms. The summed E-state index contributed by atoms with van der Waals surface area (Å²) in [6.07, 6.45) is 4.71. The molecule has 1 aliphatic rings. The van der Waals surface area contributed by atoms with Crippen molar-refractivity contribution in [3.63, 3.8) is 0 Å². The molecule has 3 aromatic carbocycles. The van der Waals surface area contributed by atoms with Gasteiger partial charge in [0, 0.05) is 30.2 Å². The van der Waals surface area contributed by atoms with E-state index in [1.807, 2.05) is 42.5 Å². The summed E-state index contributed by atoms with van der Waals surface area (Å²) in [5, 5.41) is 6.85. The Morgan fingerprint density at radius 2 is 1.86 bits per heavy atom. The second kappa shape index (κ2) is 10.8. The van der Waals surface area contributed by atoms with Crippen LogP contribution < -0.4 is 10.6 Å². The van der Waals surface area contributed by atoms with Crippen molar-refractivity contribution in [2.45, 2.75) is 19.4 Å². The van der Waals surface area contributed by atoms with Gasteiger partial charge in [0.1, 0.15) is 17.2 Å². The van der Waals surface area contributed by atoms with Crippen molar-refractivity contribution < 1.29 is 14.0 Å². The molecule has 0 aliphatic heterocycles. The number of ketones is 1. The molecule has 1 aliphatic carbocycles. The van der Waals surface area contributed by atoms with Crippen molar-refractivity contribution in [2.75, 3.05) is 6.54 Å². The fraction of sp³-hybridized carbons (Fsp3) is 0.138. The van der Waals surface area contributed by atoms with Gasteiger partial charge in [-0.2, -0.15) is 0 Å². The maximum atomic E-state index is 13.5. The Morgan fingerprint density at radius 1 is 1.05 bits per heavy atom. The van der Waals surface area contributed by atoms with E-state index in [-0.39, 0.29) is 30.5 Å². The highest BCUT2D eigenvalue weighted by atomic mass is 35.5. The molecule has 3 N–H and O–H groups in total. The predicted molar refractivity (Wildman–Crippen MR) is 143 cm³/mol. The van der Waals surface area contributed by atoms with E-state index in [1.54, 1.807) is 24.3 Å². The second-order valence-corrected chi connectivity index (χ2v) is 9.16. The number of nitrogens with one attached hydrogen (secondary N) is 3. The van der Waals surface area contributed by atoms with E-state index < -0.39 is 0 Å². The molecular formula is C29H24ClFN4O2. The lowest BCUT2D eigenvalue weighted by molar-refractivity contribution is -0.113. The SMILES string of the molecule is O=C1CC=CC(NCCc2cccc(Cl)c2)=C1c1nc2c(C(=O)NCc3cccc(F)c3)cccc2[nH]1. The summed E-state index contributed by atoms with van der Waals surface area (Å²) in [5.41, 5.74) is 4.34. The van der Waals surface area contributed by atoms with Gasteiger partial charge in [0.25, 0.3) is 5.91 Å². The van der Waals surface area contributed by atoms with Crippen molar-refractivity contribution >= 4 is 39.9 Å². The van der Waals surface area contributed by atoms with Gasteiger partial charge in [0.2, 0.25) is 0 Å². The summed E-state index contributed by atoms with van der Waals surface area (Å²) in [6, 6.07) is 19.0. The first-order chi connectivity index (χ1) is 18.0. The number of aromatic amines is 1. The summed E-state index contributed by atoms with van der Waals surface area (Å²) in [7, 11) is 0. The summed E-state index contributed by atoms with van der Waals surface area (Å²) in [5.74, 6) is -0.359. The molecule has 0 spiro atoms. The van der Waals surface area contributed by atoms with Crippen LogP contribution in [-0.4, -0.2) is 28.2 Å². The van der Waals surface area contributed by atoms with Crippen molar-refractivity contribution in [1.82, 2.24) is 20.6 Å². The number of para-hydroxylation sites is 1. The van der Waals surface area contributed by atoms with Crippen molar-refractivity contribution in [3.8, 4) is 0 Å². The van der Waals surface area contributed by atoms with E-state index in [0.717, 1.165) is 12.0 Å². The van der Waals surface area contributed by atoms with Crippen LogP contribution in [-0.2, 0) is 17.8 Å². The third kappa shape index (κ3) is 5.62. The van der Waals surface area contributed by atoms with E-state index in [9.17, 15) is 14.0 Å². The number of carbonyl (C=O) groups excluding carboxylic acids is 2. The molecule has 4 aromatic rings. The van der Waals surface area contributed by atoms with Crippen LogP contribution in [0.5, 0.6) is 0 Å². The number of hydrogen-bond acceptors (Lipinski definition) is 4. The first kappa shape index (κ1) is 24.5. The average molecular weight is 515 g/mol. The number of amides is 1. The predicted octanol–water partition coefficient (Wildman–Crippen LogP) is 5.36. The van der Waals surface area contributed by atoms with Gasteiger partial charge in [-0.15, -0.1) is 0 Å². The van der Waals surface area contributed by atoms with Crippen LogP contribution in [0, 0.1) is 5.82 Å². The molecule has 5 rings (SSSR count). The number of aromatic nitrogens is 2. The van der Waals surface area contributed by atoms with Gasteiger partial charge in [-0.3, -0.25) is 9.59 Å². The number of Topliss-reactive ketones (excluding diaryl/α,β-unsaturated/α-hetero) is 1. The van der Waals surface area contributed by atoms with E-state index in [4.69, 9.17) is 11.6 Å². The molecule has 0 saturated carbocycles. The maximum absolute atomic E-state index is 13.5. The van der Waals surface area contributed by atoms with Crippen LogP contribution in [0.25, 0.3) is 16.6 Å². The molecule has 0 unspecified atom stereocenters. The van der Waals surface area contributed by atoms with E-state index in [1.165, 1.54) is 12.1 Å². The van der Waals surface area contributed by atoms with Crippen molar-refractivity contribution in [3.05, 3.63) is 118 Å². The Bertz CT molecular complexity index is 1560. The smallest absolute Gasteiger partial charge is 0.253 e. The highest BCUT2D eigenvalue weighted by Crippen LogP contribution is 2.26. The van der Waals surface area contributed by atoms with Crippen LogP contribution in [0.1, 0.15) is 33.7 Å². The van der Waals surface area contributed by atoms with Crippen LogP contribution >= 0.6 is 11.6 Å². The van der Waals surface area contributed by atoms with Crippen molar-refractivity contribution in [2.24, 2.45) is 0 Å². The minimum Gasteiger partial charge on any atom is -0.384 e. The fourth-order valence-corrected chi connectivity index (χ4v) is 4.53. The number of nitrogens with zero attached hydrogens (tertiary/aromatic N) is 1. The molecule has 8 heteroatoms. The van der Waals surface area contributed by atoms with Gasteiger partial charge in [0.15, 0.2) is 5.78 Å². The number of allylic oxidation sites excluding steroid dienone is 3. The first-order valence-corrected chi connectivity index (χ1v) is 12.3. The lowest BCUT2D eigenvalue weighted by Gasteiger charge is -2.15. The summed E-state index contributed by atoms with van der Waals surface area (Å²) >= 11 is 6.08. The topological polar surface area (TPSA) is 86.9 Å². The summed E-state index contributed by atoms with van der Waals surface area (Å²) in [4.78, 5) is 33.8. The minimum atomic E-state index is -0.359. The third-order valence-electron chi connectivity index (χ3n) is 6.09. The number of carbonyl (C=O) groups is 2. The molecule has 0 bridgehead atoms. The average Bonchev–Trinajstić information content (AvgIpc) is 3.31. The number of rotatable bonds is 8. The Balaban J connectivity index is 1.38. The molecular weight excluding hydrogens is 491 g/mol. The Kier molecular flexibility index (Phi) is 7.14. The quantitative estimate of drug-likeness (QED) is 0.295. The normalized spacial score (nSPS) is 13.3. The Hall–Kier alpha value is -4.23. The fourth-order valence-electron chi connectivity index (χ4n) is 4.32. The lowest BCUT2D eigenvalue weighted by Crippen LogP contribution is -2.23. The second-order valence-electron chi connectivity index (χ2n) is 8.72. The number of imidazole rings is 1. The van der Waals surface area contributed by atoms with Crippen LogP contribution in [0.3, 0.4) is 0 Å². The highest BCUT2D eigenvalue weighted by molar-refractivity contribution is 6.30. The van der Waals surface area contributed by atoms with E-state index in [2.05, 4.69) is 20.6 Å². The van der Waals surface area contributed by atoms with Gasteiger partial charge in [-0.05, 0) is 60.0 Å². The van der Waals surface area contributed by atoms with Gasteiger partial charge in [0.05, 0.1) is 16.7 Å². The number of halogens is 2. The van der Waals surface area contributed by atoms with Crippen LogP contribution in [0.4, 0.5) is 4.39 Å². The lowest BCUT2D eigenvalue weighted by atomic mass is 10.00. The first-order valence-electron chi connectivity index (χ1n) is 11.9. The number of benzene rings is 3. The molecule has 1 heterocycles.